The first-order valence-electron chi connectivity index (χ1n) is 5.72. The highest BCUT2D eigenvalue weighted by atomic mass is 79.9. The number of fused-ring (bicyclic) bond motifs is 1. The minimum atomic E-state index is 0.268. The molecule has 0 radical (unpaired) electrons. The molecule has 0 aliphatic carbocycles. The molecule has 0 spiro atoms. The summed E-state index contributed by atoms with van der Waals surface area (Å²) in [4.78, 5) is 13.8. The summed E-state index contributed by atoms with van der Waals surface area (Å²) in [6.07, 6.45) is 2.59. The molecule has 0 fully saturated rings. The minimum absolute atomic E-state index is 0.268. The van der Waals surface area contributed by atoms with E-state index >= 15 is 0 Å². The second-order valence-corrected chi connectivity index (χ2v) is 4.88. The van der Waals surface area contributed by atoms with E-state index in [9.17, 15) is 4.79 Å². The topological polar surface area (TPSA) is 20.3 Å². The SMILES string of the molecule is O=C(CCBr)N1CCc2ccccc2CC1. The highest BCUT2D eigenvalue weighted by Gasteiger charge is 2.17. The summed E-state index contributed by atoms with van der Waals surface area (Å²) in [6, 6.07) is 8.51. The Labute approximate surface area is 105 Å². The van der Waals surface area contributed by atoms with E-state index in [2.05, 4.69) is 40.2 Å². The summed E-state index contributed by atoms with van der Waals surface area (Å²) < 4.78 is 0. The van der Waals surface area contributed by atoms with Gasteiger partial charge in [-0.3, -0.25) is 4.79 Å². The van der Waals surface area contributed by atoms with Crippen LogP contribution in [0, 0.1) is 0 Å². The van der Waals surface area contributed by atoms with Gasteiger partial charge in [0.25, 0.3) is 0 Å². The first-order chi connectivity index (χ1) is 7.81. The van der Waals surface area contributed by atoms with E-state index in [0.29, 0.717) is 6.42 Å². The smallest absolute Gasteiger partial charge is 0.223 e. The standard InChI is InChI=1S/C13H16BrNO/c14-8-5-13(16)15-9-6-11-3-1-2-4-12(11)7-10-15/h1-4H,5-10H2. The molecule has 1 heterocycles. The quantitative estimate of drug-likeness (QED) is 0.763. The van der Waals surface area contributed by atoms with Gasteiger partial charge in [0.15, 0.2) is 0 Å². The van der Waals surface area contributed by atoms with Crippen LogP contribution in [0.5, 0.6) is 0 Å². The average Bonchev–Trinajstić information content (AvgIpc) is 2.51. The van der Waals surface area contributed by atoms with Gasteiger partial charge in [-0.15, -0.1) is 0 Å². The molecule has 0 unspecified atom stereocenters. The molecule has 1 aromatic rings. The number of carbonyl (C=O) groups excluding carboxylic acids is 1. The van der Waals surface area contributed by atoms with Gasteiger partial charge < -0.3 is 4.90 Å². The lowest BCUT2D eigenvalue weighted by Crippen LogP contribution is -2.33. The molecule has 16 heavy (non-hydrogen) atoms. The number of nitrogens with zero attached hydrogens (tertiary/aromatic N) is 1. The highest BCUT2D eigenvalue weighted by Crippen LogP contribution is 2.16. The van der Waals surface area contributed by atoms with Gasteiger partial charge in [0.1, 0.15) is 0 Å². The van der Waals surface area contributed by atoms with Crippen LogP contribution < -0.4 is 0 Å². The van der Waals surface area contributed by atoms with Gasteiger partial charge in [-0.05, 0) is 24.0 Å². The molecule has 2 rings (SSSR count). The van der Waals surface area contributed by atoms with E-state index in [0.717, 1.165) is 31.3 Å². The minimum Gasteiger partial charge on any atom is -0.342 e. The van der Waals surface area contributed by atoms with Crippen molar-refractivity contribution < 1.29 is 4.79 Å². The lowest BCUT2D eigenvalue weighted by atomic mass is 10.0. The summed E-state index contributed by atoms with van der Waals surface area (Å²) >= 11 is 3.32. The number of carbonyl (C=O) groups is 1. The monoisotopic (exact) mass is 281 g/mol. The van der Waals surface area contributed by atoms with Crippen LogP contribution in [0.15, 0.2) is 24.3 Å². The van der Waals surface area contributed by atoms with Gasteiger partial charge in [-0.1, -0.05) is 40.2 Å². The Bertz CT molecular complexity index is 351. The maximum atomic E-state index is 11.8. The van der Waals surface area contributed by atoms with Gasteiger partial charge in [0.2, 0.25) is 5.91 Å². The summed E-state index contributed by atoms with van der Waals surface area (Å²) in [5.41, 5.74) is 2.80. The van der Waals surface area contributed by atoms with Crippen LogP contribution in [0.3, 0.4) is 0 Å². The molecule has 0 saturated carbocycles. The number of halogens is 1. The summed E-state index contributed by atoms with van der Waals surface area (Å²) in [6.45, 7) is 1.73. The first-order valence-corrected chi connectivity index (χ1v) is 6.84. The second-order valence-electron chi connectivity index (χ2n) is 4.09. The third-order valence-electron chi connectivity index (χ3n) is 3.08. The Morgan fingerprint density at radius 1 is 1.19 bits per heavy atom. The molecular formula is C13H16BrNO. The first kappa shape index (κ1) is 11.6. The van der Waals surface area contributed by atoms with E-state index in [1.165, 1.54) is 11.1 Å². The predicted molar refractivity (Wildman–Crippen MR) is 68.8 cm³/mol. The van der Waals surface area contributed by atoms with Crippen molar-refractivity contribution in [2.45, 2.75) is 19.3 Å². The molecule has 86 valence electrons. The van der Waals surface area contributed by atoms with Gasteiger partial charge in [0.05, 0.1) is 0 Å². The van der Waals surface area contributed by atoms with Crippen molar-refractivity contribution in [3.63, 3.8) is 0 Å². The zero-order valence-electron chi connectivity index (χ0n) is 9.29. The van der Waals surface area contributed by atoms with Crippen LogP contribution in [-0.2, 0) is 17.6 Å². The molecule has 0 bridgehead atoms. The fourth-order valence-corrected chi connectivity index (χ4v) is 2.50. The summed E-state index contributed by atoms with van der Waals surface area (Å²) in [7, 11) is 0. The molecule has 0 atom stereocenters. The fourth-order valence-electron chi connectivity index (χ4n) is 2.16. The maximum Gasteiger partial charge on any atom is 0.223 e. The van der Waals surface area contributed by atoms with Crippen molar-refractivity contribution in [1.82, 2.24) is 4.90 Å². The third kappa shape index (κ3) is 2.64. The van der Waals surface area contributed by atoms with Crippen LogP contribution in [0.2, 0.25) is 0 Å². The number of alkyl halides is 1. The van der Waals surface area contributed by atoms with Crippen LogP contribution in [-0.4, -0.2) is 29.2 Å². The molecule has 1 aliphatic rings. The number of hydrogen-bond acceptors (Lipinski definition) is 1. The Balaban J connectivity index is 2.04. The Hall–Kier alpha value is -0.830. The number of amides is 1. The summed E-state index contributed by atoms with van der Waals surface area (Å²) in [5, 5.41) is 0.759. The normalized spacial score (nSPS) is 15.4. The van der Waals surface area contributed by atoms with Crippen molar-refractivity contribution in [3.8, 4) is 0 Å². The van der Waals surface area contributed by atoms with Crippen molar-refractivity contribution >= 4 is 21.8 Å². The van der Waals surface area contributed by atoms with Crippen molar-refractivity contribution in [3.05, 3.63) is 35.4 Å². The molecule has 1 aromatic carbocycles. The highest BCUT2D eigenvalue weighted by molar-refractivity contribution is 9.09. The van der Waals surface area contributed by atoms with Crippen molar-refractivity contribution in [2.24, 2.45) is 0 Å². The Morgan fingerprint density at radius 3 is 2.25 bits per heavy atom. The largest absolute Gasteiger partial charge is 0.342 e. The lowest BCUT2D eigenvalue weighted by Gasteiger charge is -2.19. The van der Waals surface area contributed by atoms with Crippen LogP contribution in [0.4, 0.5) is 0 Å². The zero-order valence-corrected chi connectivity index (χ0v) is 10.9. The zero-order chi connectivity index (χ0) is 11.4. The Kier molecular flexibility index (Phi) is 3.99. The van der Waals surface area contributed by atoms with Crippen LogP contribution in [0.25, 0.3) is 0 Å². The second kappa shape index (κ2) is 5.48. The van der Waals surface area contributed by atoms with Crippen LogP contribution in [0.1, 0.15) is 17.5 Å². The maximum absolute atomic E-state index is 11.8. The van der Waals surface area contributed by atoms with E-state index in [-0.39, 0.29) is 5.91 Å². The number of benzene rings is 1. The van der Waals surface area contributed by atoms with Crippen molar-refractivity contribution in [2.75, 3.05) is 18.4 Å². The van der Waals surface area contributed by atoms with Gasteiger partial charge >= 0.3 is 0 Å². The van der Waals surface area contributed by atoms with Gasteiger partial charge in [0, 0.05) is 24.8 Å². The fraction of sp³-hybridized carbons (Fsp3) is 0.462. The Morgan fingerprint density at radius 2 is 1.75 bits per heavy atom. The van der Waals surface area contributed by atoms with Crippen LogP contribution >= 0.6 is 15.9 Å². The molecule has 0 aromatic heterocycles. The molecule has 1 amide bonds. The number of hydrogen-bond donors (Lipinski definition) is 0. The predicted octanol–water partition coefficient (Wildman–Crippen LogP) is 2.40. The molecule has 2 nitrogen and oxygen atoms in total. The van der Waals surface area contributed by atoms with Crippen molar-refractivity contribution in [1.29, 1.82) is 0 Å². The lowest BCUT2D eigenvalue weighted by molar-refractivity contribution is -0.130. The molecule has 3 heteroatoms. The van der Waals surface area contributed by atoms with E-state index in [1.54, 1.807) is 0 Å². The summed E-state index contributed by atoms with van der Waals surface area (Å²) in [5.74, 6) is 0.268. The van der Waals surface area contributed by atoms with E-state index in [4.69, 9.17) is 0 Å². The van der Waals surface area contributed by atoms with E-state index in [1.807, 2.05) is 4.90 Å². The average molecular weight is 282 g/mol. The molecular weight excluding hydrogens is 266 g/mol. The third-order valence-corrected chi connectivity index (χ3v) is 3.48. The molecule has 1 aliphatic heterocycles. The molecule has 0 saturated heterocycles. The number of rotatable bonds is 2. The molecule has 0 N–H and O–H groups in total. The van der Waals surface area contributed by atoms with Gasteiger partial charge in [-0.25, -0.2) is 0 Å². The van der Waals surface area contributed by atoms with E-state index < -0.39 is 0 Å². The van der Waals surface area contributed by atoms with Gasteiger partial charge in [-0.2, -0.15) is 0 Å².